The van der Waals surface area contributed by atoms with Crippen molar-refractivity contribution in [2.45, 2.75) is 38.5 Å². The quantitative estimate of drug-likeness (QED) is 0.283. The third-order valence-electron chi connectivity index (χ3n) is 5.76. The van der Waals surface area contributed by atoms with Crippen LogP contribution in [0.4, 0.5) is 0 Å². The van der Waals surface area contributed by atoms with Gasteiger partial charge in [0.2, 0.25) is 0 Å². The molecule has 0 spiro atoms. The Bertz CT molecular complexity index is 696. The van der Waals surface area contributed by atoms with E-state index in [4.69, 9.17) is 5.11 Å². The van der Waals surface area contributed by atoms with Crippen LogP contribution in [0.15, 0.2) is 91.0 Å². The average Bonchev–Trinajstić information content (AvgIpc) is 2.78. The fourth-order valence-electron chi connectivity index (χ4n) is 4.31. The van der Waals surface area contributed by atoms with E-state index in [1.807, 2.05) is 0 Å². The van der Waals surface area contributed by atoms with Crippen molar-refractivity contribution in [3.05, 3.63) is 91.0 Å². The van der Waals surface area contributed by atoms with Crippen LogP contribution < -0.4 is 15.9 Å². The Morgan fingerprint density at radius 3 is 1.21 bits per heavy atom. The predicted octanol–water partition coefficient (Wildman–Crippen LogP) is 5.62. The molecular weight excluding hydrogens is 439 g/mol. The van der Waals surface area contributed by atoms with Crippen LogP contribution in [0.5, 0.6) is 0 Å². The summed E-state index contributed by atoms with van der Waals surface area (Å²) in [4.78, 5) is 0. The number of halogens is 1. The molecule has 0 bridgehead atoms. The molecule has 0 amide bonds. The molecule has 0 heterocycles. The van der Waals surface area contributed by atoms with E-state index in [2.05, 4.69) is 91.0 Å². The Morgan fingerprint density at radius 1 is 0.483 bits per heavy atom. The Kier molecular flexibility index (Phi) is 10.6. The molecule has 0 radical (unpaired) electrons. The van der Waals surface area contributed by atoms with Crippen LogP contribution in [-0.4, -0.2) is 17.9 Å². The van der Waals surface area contributed by atoms with Gasteiger partial charge in [0.15, 0.2) is 0 Å². The molecule has 0 aliphatic carbocycles. The second-order valence-corrected chi connectivity index (χ2v) is 11.6. The van der Waals surface area contributed by atoms with Crippen molar-refractivity contribution in [3.8, 4) is 0 Å². The summed E-state index contributed by atoms with van der Waals surface area (Å²) < 4.78 is 0. The van der Waals surface area contributed by atoms with Crippen LogP contribution in [-0.2, 0) is 0 Å². The number of hydrogen-bond donors (Lipinski definition) is 1. The van der Waals surface area contributed by atoms with Gasteiger partial charge in [-0.15, -0.1) is 17.0 Å². The van der Waals surface area contributed by atoms with Gasteiger partial charge in [0.25, 0.3) is 0 Å². The van der Waals surface area contributed by atoms with Gasteiger partial charge >= 0.3 is 171 Å². The zero-order valence-corrected chi connectivity index (χ0v) is 19.9. The number of rotatable bonds is 11. The molecule has 0 aromatic heterocycles. The third-order valence-corrected chi connectivity index (χ3v) is 10.8. The summed E-state index contributed by atoms with van der Waals surface area (Å²) in [6, 6.07) is 33.6. The molecule has 156 valence electrons. The fourth-order valence-corrected chi connectivity index (χ4v) is 9.24. The first-order valence-corrected chi connectivity index (χ1v) is 12.9. The van der Waals surface area contributed by atoms with Crippen LogP contribution in [0, 0.1) is 0 Å². The molecule has 0 atom stereocenters. The van der Waals surface area contributed by atoms with E-state index in [1.54, 1.807) is 0 Å². The monoisotopic (exact) mass is 472 g/mol. The number of aliphatic hydroxyl groups is 1. The minimum absolute atomic E-state index is 0. The van der Waals surface area contributed by atoms with Crippen LogP contribution in [0.3, 0.4) is 0 Å². The summed E-state index contributed by atoms with van der Waals surface area (Å²) in [7, 11) is -2.04. The van der Waals surface area contributed by atoms with Gasteiger partial charge in [0, 0.05) is 0 Å². The van der Waals surface area contributed by atoms with E-state index in [0.29, 0.717) is 6.61 Å². The van der Waals surface area contributed by atoms with Crippen molar-refractivity contribution in [2.24, 2.45) is 0 Å². The first-order chi connectivity index (χ1) is 13.9. The number of hydrogen-bond acceptors (Lipinski definition) is 1. The number of unbranched alkanes of at least 4 members (excludes halogenated alkanes) is 5. The van der Waals surface area contributed by atoms with E-state index < -0.39 is 7.26 Å². The van der Waals surface area contributed by atoms with E-state index >= 15 is 0 Å². The van der Waals surface area contributed by atoms with Crippen LogP contribution in [0.25, 0.3) is 0 Å². The molecule has 0 saturated carbocycles. The maximum atomic E-state index is 8.96. The van der Waals surface area contributed by atoms with E-state index in [-0.39, 0.29) is 17.0 Å². The molecule has 1 nitrogen and oxygen atoms in total. The zero-order chi connectivity index (χ0) is 19.5. The molecule has 3 aromatic carbocycles. The number of aliphatic hydroxyl groups excluding tert-OH is 1. The molecular formula is C26H34BrOP. The van der Waals surface area contributed by atoms with Crippen LogP contribution in [0.2, 0.25) is 0 Å². The molecule has 3 heteroatoms. The maximum absolute atomic E-state index is 8.96. The van der Waals surface area contributed by atoms with Gasteiger partial charge in [-0.25, -0.2) is 0 Å². The third kappa shape index (κ3) is 6.25. The molecule has 3 rings (SSSR count). The minimum atomic E-state index is -2.04. The van der Waals surface area contributed by atoms with E-state index in [9.17, 15) is 0 Å². The summed E-state index contributed by atoms with van der Waals surface area (Å²) in [5.41, 5.74) is 0. The molecule has 3 aromatic rings. The van der Waals surface area contributed by atoms with Crippen molar-refractivity contribution in [2.75, 3.05) is 12.8 Å². The van der Waals surface area contributed by atoms with Gasteiger partial charge < -0.3 is 0 Å². The Balaban J connectivity index is 0.00000300. The van der Waals surface area contributed by atoms with Crippen molar-refractivity contribution in [3.63, 3.8) is 0 Å². The van der Waals surface area contributed by atoms with Gasteiger partial charge in [-0.3, -0.25) is 0 Å². The molecule has 0 saturated heterocycles. The van der Waals surface area contributed by atoms with E-state index in [0.717, 1.165) is 12.8 Å². The molecule has 1 N–H and O–H groups in total. The summed E-state index contributed by atoms with van der Waals surface area (Å²) in [6.45, 7) is 0.325. The van der Waals surface area contributed by atoms with Gasteiger partial charge in [0.05, 0.1) is 0 Å². The summed E-state index contributed by atoms with van der Waals surface area (Å²) >= 11 is 0. The second kappa shape index (κ2) is 13.0. The van der Waals surface area contributed by atoms with Gasteiger partial charge in [0.1, 0.15) is 0 Å². The van der Waals surface area contributed by atoms with Crippen LogP contribution >= 0.6 is 24.2 Å². The molecule has 0 aliphatic rings. The van der Waals surface area contributed by atoms with Crippen molar-refractivity contribution >= 4 is 40.2 Å². The van der Waals surface area contributed by atoms with Crippen LogP contribution in [0.1, 0.15) is 38.5 Å². The molecule has 0 fully saturated rings. The first kappa shape index (κ1) is 23.8. The van der Waals surface area contributed by atoms with Crippen molar-refractivity contribution < 1.29 is 5.11 Å². The number of benzene rings is 3. The average molecular weight is 473 g/mol. The van der Waals surface area contributed by atoms with Gasteiger partial charge in [-0.05, 0) is 0 Å². The SMILES string of the molecule is Br.OCCCCCCCC[PH](c1ccccc1)(c1ccccc1)c1ccccc1. The Morgan fingerprint density at radius 2 is 0.828 bits per heavy atom. The van der Waals surface area contributed by atoms with Gasteiger partial charge in [-0.2, -0.15) is 0 Å². The molecule has 0 unspecified atom stereocenters. The fraction of sp³-hybridized carbons (Fsp3) is 0.308. The molecule has 0 aliphatic heterocycles. The Hall–Kier alpha value is -1.47. The predicted molar refractivity (Wildman–Crippen MR) is 137 cm³/mol. The Labute approximate surface area is 187 Å². The van der Waals surface area contributed by atoms with Crippen molar-refractivity contribution in [1.29, 1.82) is 0 Å². The summed E-state index contributed by atoms with van der Waals surface area (Å²) in [5.74, 6) is 0. The zero-order valence-electron chi connectivity index (χ0n) is 17.2. The summed E-state index contributed by atoms with van der Waals surface area (Å²) in [6.07, 6.45) is 8.35. The second-order valence-electron chi connectivity index (χ2n) is 7.60. The van der Waals surface area contributed by atoms with E-state index in [1.165, 1.54) is 47.8 Å². The van der Waals surface area contributed by atoms with Gasteiger partial charge in [-0.1, -0.05) is 0 Å². The standard InChI is InChI=1S/C26H33OP.BrH/c27-22-14-3-1-2-4-15-23-28(24-16-8-5-9-17-24,25-18-10-6-11-19-25)26-20-12-7-13-21-26;/h5-13,16-21,27-28H,1-4,14-15,22-23H2;1H. The first-order valence-electron chi connectivity index (χ1n) is 10.7. The molecule has 29 heavy (non-hydrogen) atoms. The summed E-state index contributed by atoms with van der Waals surface area (Å²) in [5, 5.41) is 13.5. The normalized spacial score (nSPS) is 11.6. The topological polar surface area (TPSA) is 20.2 Å². The van der Waals surface area contributed by atoms with Crippen molar-refractivity contribution in [1.82, 2.24) is 0 Å².